The summed E-state index contributed by atoms with van der Waals surface area (Å²) in [6.45, 7) is 2.88. The lowest BCUT2D eigenvalue weighted by Gasteiger charge is -2.37. The van der Waals surface area contributed by atoms with Gasteiger partial charge in [0.25, 0.3) is 0 Å². The molecule has 1 aliphatic carbocycles. The van der Waals surface area contributed by atoms with Crippen molar-refractivity contribution in [3.8, 4) is 0 Å². The van der Waals surface area contributed by atoms with E-state index in [4.69, 9.17) is 0 Å². The minimum atomic E-state index is -0.259. The summed E-state index contributed by atoms with van der Waals surface area (Å²) in [4.78, 5) is 14.4. The van der Waals surface area contributed by atoms with E-state index in [-0.39, 0.29) is 17.9 Å². The number of benzene rings is 1. The van der Waals surface area contributed by atoms with Crippen molar-refractivity contribution in [3.63, 3.8) is 0 Å². The number of nitrogens with one attached hydrogen (secondary N) is 1. The second-order valence-electron chi connectivity index (χ2n) is 6.66. The molecular formula is C19H25FN4O. The molecule has 0 radical (unpaired) electrons. The van der Waals surface area contributed by atoms with Crippen LogP contribution in [0.2, 0.25) is 0 Å². The van der Waals surface area contributed by atoms with Crippen LogP contribution in [-0.2, 0) is 20.0 Å². The molecule has 0 unspecified atom stereocenters. The molecule has 2 aromatic rings. The number of aromatic nitrogens is 2. The molecule has 5 nitrogen and oxygen atoms in total. The third-order valence-corrected chi connectivity index (χ3v) is 5.08. The molecule has 0 aliphatic heterocycles. The minimum absolute atomic E-state index is 0.116. The Morgan fingerprint density at radius 1 is 1.36 bits per heavy atom. The van der Waals surface area contributed by atoms with Crippen LogP contribution in [0, 0.1) is 12.7 Å². The molecule has 0 bridgehead atoms. The average Bonchev–Trinajstić information content (AvgIpc) is 2.86. The lowest BCUT2D eigenvalue weighted by Crippen LogP contribution is -2.49. The zero-order chi connectivity index (χ0) is 17.8. The number of hydrogen-bond acceptors (Lipinski definition) is 2. The number of aryl methyl sites for hydroxylation is 1. The summed E-state index contributed by atoms with van der Waals surface area (Å²) in [6.07, 6.45) is 5.68. The van der Waals surface area contributed by atoms with Gasteiger partial charge in [0.2, 0.25) is 0 Å². The summed E-state index contributed by atoms with van der Waals surface area (Å²) in [6, 6.07) is 6.75. The third kappa shape index (κ3) is 4.00. The predicted octanol–water partition coefficient (Wildman–Crippen LogP) is 3.17. The van der Waals surface area contributed by atoms with E-state index in [1.165, 1.54) is 6.07 Å². The van der Waals surface area contributed by atoms with E-state index in [0.29, 0.717) is 18.7 Å². The van der Waals surface area contributed by atoms with E-state index in [2.05, 4.69) is 10.4 Å². The maximum Gasteiger partial charge on any atom is 0.317 e. The Labute approximate surface area is 147 Å². The summed E-state index contributed by atoms with van der Waals surface area (Å²) in [5, 5.41) is 7.20. The highest BCUT2D eigenvalue weighted by Gasteiger charge is 2.29. The first kappa shape index (κ1) is 17.5. The Hall–Kier alpha value is -2.37. The standard InChI is InChI=1S/C19H25FN4O/c1-14-15(12-22-23(14)2)10-11-21-19(25)24(17-7-5-8-17)13-16-6-3-4-9-18(16)20/h3-4,6,9,12,17H,5,7-8,10-11,13H2,1-2H3,(H,21,25). The van der Waals surface area contributed by atoms with Gasteiger partial charge >= 0.3 is 6.03 Å². The van der Waals surface area contributed by atoms with Crippen LogP contribution in [0.5, 0.6) is 0 Å². The number of halogens is 1. The predicted molar refractivity (Wildman–Crippen MR) is 94.6 cm³/mol. The van der Waals surface area contributed by atoms with Crippen molar-refractivity contribution in [1.29, 1.82) is 0 Å². The summed E-state index contributed by atoms with van der Waals surface area (Å²) < 4.78 is 15.8. The molecule has 0 atom stereocenters. The lowest BCUT2D eigenvalue weighted by atomic mass is 9.91. The van der Waals surface area contributed by atoms with Crippen LogP contribution in [0.4, 0.5) is 9.18 Å². The zero-order valence-corrected chi connectivity index (χ0v) is 14.8. The van der Waals surface area contributed by atoms with Crippen molar-refractivity contribution < 1.29 is 9.18 Å². The SMILES string of the molecule is Cc1c(CCNC(=O)N(Cc2ccccc2F)C2CCC2)cnn1C. The number of carbonyl (C=O) groups is 1. The van der Waals surface area contributed by atoms with Crippen molar-refractivity contribution in [2.45, 2.75) is 45.2 Å². The number of nitrogens with zero attached hydrogens (tertiary/aromatic N) is 3. The van der Waals surface area contributed by atoms with Gasteiger partial charge in [-0.15, -0.1) is 0 Å². The van der Waals surface area contributed by atoms with Gasteiger partial charge in [-0.25, -0.2) is 9.18 Å². The third-order valence-electron chi connectivity index (χ3n) is 5.08. The first-order chi connectivity index (χ1) is 12.1. The normalized spacial score (nSPS) is 14.2. The van der Waals surface area contributed by atoms with Crippen LogP contribution in [0.1, 0.15) is 36.1 Å². The summed E-state index contributed by atoms with van der Waals surface area (Å²) in [5.74, 6) is -0.259. The monoisotopic (exact) mass is 344 g/mol. The highest BCUT2D eigenvalue weighted by Crippen LogP contribution is 2.26. The Bertz CT molecular complexity index is 739. The molecule has 3 rings (SSSR count). The molecule has 1 saturated carbocycles. The van der Waals surface area contributed by atoms with Crippen LogP contribution in [-0.4, -0.2) is 33.3 Å². The van der Waals surface area contributed by atoms with E-state index in [1.807, 2.05) is 24.9 Å². The Balaban J connectivity index is 1.60. The van der Waals surface area contributed by atoms with Gasteiger partial charge in [0.15, 0.2) is 0 Å². The quantitative estimate of drug-likeness (QED) is 0.875. The summed E-state index contributed by atoms with van der Waals surface area (Å²) in [7, 11) is 1.91. The van der Waals surface area contributed by atoms with Crippen LogP contribution in [0.15, 0.2) is 30.5 Å². The van der Waals surface area contributed by atoms with Crippen molar-refractivity contribution in [3.05, 3.63) is 53.1 Å². The number of rotatable bonds is 6. The zero-order valence-electron chi connectivity index (χ0n) is 14.8. The molecule has 6 heteroatoms. The van der Waals surface area contributed by atoms with Crippen LogP contribution in [0.3, 0.4) is 0 Å². The average molecular weight is 344 g/mol. The molecule has 1 aromatic heterocycles. The second-order valence-corrected chi connectivity index (χ2v) is 6.66. The van der Waals surface area contributed by atoms with Gasteiger partial charge < -0.3 is 10.2 Å². The van der Waals surface area contributed by atoms with Crippen molar-refractivity contribution in [2.75, 3.05) is 6.54 Å². The fourth-order valence-electron chi connectivity index (χ4n) is 3.07. The largest absolute Gasteiger partial charge is 0.338 e. The van der Waals surface area contributed by atoms with Crippen molar-refractivity contribution >= 4 is 6.03 Å². The molecule has 0 saturated heterocycles. The number of urea groups is 1. The Morgan fingerprint density at radius 2 is 2.12 bits per heavy atom. The van der Waals surface area contributed by atoms with Gasteiger partial charge in [0.1, 0.15) is 5.82 Å². The second kappa shape index (κ2) is 7.68. The van der Waals surface area contributed by atoms with Gasteiger partial charge in [0, 0.05) is 30.9 Å². The molecular weight excluding hydrogens is 319 g/mol. The van der Waals surface area contributed by atoms with E-state index in [1.54, 1.807) is 23.1 Å². The molecule has 1 fully saturated rings. The summed E-state index contributed by atoms with van der Waals surface area (Å²) in [5.41, 5.74) is 2.80. The molecule has 2 amide bonds. The minimum Gasteiger partial charge on any atom is -0.338 e. The Morgan fingerprint density at radius 3 is 2.72 bits per heavy atom. The highest BCUT2D eigenvalue weighted by molar-refractivity contribution is 5.74. The number of amides is 2. The van der Waals surface area contributed by atoms with Gasteiger partial charge in [-0.3, -0.25) is 4.68 Å². The van der Waals surface area contributed by atoms with Gasteiger partial charge in [-0.05, 0) is 44.2 Å². The topological polar surface area (TPSA) is 50.2 Å². The maximum absolute atomic E-state index is 14.0. The van der Waals surface area contributed by atoms with Crippen molar-refractivity contribution in [1.82, 2.24) is 20.0 Å². The van der Waals surface area contributed by atoms with E-state index in [9.17, 15) is 9.18 Å². The summed E-state index contributed by atoms with van der Waals surface area (Å²) >= 11 is 0. The van der Waals surface area contributed by atoms with Gasteiger partial charge in [-0.1, -0.05) is 18.2 Å². The molecule has 1 heterocycles. The highest BCUT2D eigenvalue weighted by atomic mass is 19.1. The Kier molecular flexibility index (Phi) is 5.36. The molecule has 1 N–H and O–H groups in total. The number of carbonyl (C=O) groups excluding carboxylic acids is 1. The van der Waals surface area contributed by atoms with Gasteiger partial charge in [0.05, 0.1) is 12.7 Å². The molecule has 0 spiro atoms. The van der Waals surface area contributed by atoms with E-state index in [0.717, 1.165) is 36.9 Å². The van der Waals surface area contributed by atoms with Crippen LogP contribution < -0.4 is 5.32 Å². The first-order valence-electron chi connectivity index (χ1n) is 8.81. The van der Waals surface area contributed by atoms with E-state index >= 15 is 0 Å². The number of hydrogen-bond donors (Lipinski definition) is 1. The molecule has 1 aromatic carbocycles. The fraction of sp³-hybridized carbons (Fsp3) is 0.474. The van der Waals surface area contributed by atoms with Crippen LogP contribution >= 0.6 is 0 Å². The molecule has 1 aliphatic rings. The smallest absolute Gasteiger partial charge is 0.317 e. The fourth-order valence-corrected chi connectivity index (χ4v) is 3.07. The van der Waals surface area contributed by atoms with Crippen molar-refractivity contribution in [2.24, 2.45) is 7.05 Å². The van der Waals surface area contributed by atoms with Gasteiger partial charge in [-0.2, -0.15) is 5.10 Å². The first-order valence-corrected chi connectivity index (χ1v) is 8.81. The molecule has 25 heavy (non-hydrogen) atoms. The maximum atomic E-state index is 14.0. The lowest BCUT2D eigenvalue weighted by molar-refractivity contribution is 0.132. The van der Waals surface area contributed by atoms with E-state index < -0.39 is 0 Å². The molecule has 134 valence electrons. The van der Waals surface area contributed by atoms with Crippen LogP contribution in [0.25, 0.3) is 0 Å².